The van der Waals surface area contributed by atoms with E-state index in [1.807, 2.05) is 0 Å². The van der Waals surface area contributed by atoms with Crippen molar-refractivity contribution in [3.8, 4) is 34.5 Å². The van der Waals surface area contributed by atoms with Gasteiger partial charge in [0.1, 0.15) is 51.6 Å². The van der Waals surface area contributed by atoms with E-state index < -0.39 is 76.0 Å². The van der Waals surface area contributed by atoms with E-state index in [0.29, 0.717) is 28.8 Å². The minimum atomic E-state index is -4.55. The van der Waals surface area contributed by atoms with Gasteiger partial charge in [-0.05, 0) is 91.3 Å². The molecule has 0 fully saturated rings. The molecule has 0 saturated carbocycles. The molecule has 6 N–H and O–H groups in total. The van der Waals surface area contributed by atoms with Gasteiger partial charge in [-0.25, -0.2) is 19.1 Å². The molecule has 6 aromatic rings. The van der Waals surface area contributed by atoms with Crippen molar-refractivity contribution in [2.45, 2.75) is 31.7 Å². The van der Waals surface area contributed by atoms with Crippen molar-refractivity contribution >= 4 is 52.3 Å². The van der Waals surface area contributed by atoms with Crippen LogP contribution in [0.25, 0.3) is 0 Å². The number of nitro benzene ring substituents is 1. The van der Waals surface area contributed by atoms with Gasteiger partial charge in [-0.3, -0.25) is 29.7 Å². The van der Waals surface area contributed by atoms with Gasteiger partial charge in [-0.1, -0.05) is 0 Å². The van der Waals surface area contributed by atoms with E-state index in [0.717, 1.165) is 42.5 Å². The Morgan fingerprint density at radius 1 is 0.568 bits per heavy atom. The summed E-state index contributed by atoms with van der Waals surface area (Å²) in [5, 5.41) is 25.7. The third-order valence-corrected chi connectivity index (χ3v) is 9.75. The van der Waals surface area contributed by atoms with Crippen LogP contribution >= 0.6 is 0 Å². The number of nitro groups is 1. The Bertz CT molecular complexity index is 3190. The molecule has 2 aliphatic rings. The molecule has 0 spiro atoms. The number of fused-ring (bicyclic) bond motifs is 2. The van der Waals surface area contributed by atoms with Crippen molar-refractivity contribution < 1.29 is 87.6 Å². The number of hydrogen-bond donors (Lipinski definition) is 6. The number of carbonyl (C=O) groups excluding carboxylic acids is 4. The highest BCUT2D eigenvalue weighted by molar-refractivity contribution is 6.02. The molecule has 2 aliphatic heterocycles. The average Bonchev–Trinajstić information content (AvgIpc) is 3.32. The molecule has 0 radical (unpaired) electrons. The van der Waals surface area contributed by atoms with E-state index in [1.165, 1.54) is 56.8 Å². The summed E-state index contributed by atoms with van der Waals surface area (Å²) >= 11 is 0. The number of amides is 6. The van der Waals surface area contributed by atoms with E-state index in [4.69, 9.17) is 9.47 Å². The second-order valence-electron chi connectivity index (χ2n) is 15.0. The molecule has 0 saturated heterocycles. The first-order valence-corrected chi connectivity index (χ1v) is 20.7. The molecular formula is C45H33F8N9O12. The Balaban J connectivity index is 0.000000217. The number of anilines is 4. The largest absolute Gasteiger partial charge is 0.540 e. The van der Waals surface area contributed by atoms with Crippen LogP contribution in [0.4, 0.5) is 73.1 Å². The number of hydrogen-bond acceptors (Lipinski definition) is 14. The lowest BCUT2D eigenvalue weighted by Crippen LogP contribution is -2.41. The highest BCUT2D eigenvalue weighted by atomic mass is 19.3. The van der Waals surface area contributed by atoms with Gasteiger partial charge in [0.25, 0.3) is 17.5 Å². The van der Waals surface area contributed by atoms with E-state index in [9.17, 15) is 64.4 Å². The SMILES string of the molecule is CNC(=O)c1cc(Oc2ccc(NC(=O)Nc3ccc4c(c3)C(F)(F)OC(F)(F)O4)c([N+](=O)[O-])c2)ccn1.CNC(=O)c1cc(Oc2ccc(NC(=O)Nc3ccc4c(c3)C(F)(F)OC(F)(F)O4)cc2C)ccn1. The number of carbonyl (C=O) groups is 4. The number of ether oxygens (including phenoxy) is 6. The van der Waals surface area contributed by atoms with Crippen molar-refractivity contribution in [1.29, 1.82) is 0 Å². The monoisotopic (exact) mass is 1040 g/mol. The standard InChI is InChI=1S/C23H18F4N4O5.C22H15F4N5O7/c1-12-9-13(3-5-18(12)34-15-7-8-29-17(11-15)20(32)28-2)30-21(33)31-14-4-6-19-16(10-14)22(24,25)36-23(26,27)35-19;1-27-19(32)16-9-13(6-7-28-16)36-12-3-4-15(17(10-12)31(34)35)30-20(33)29-11-2-5-18-14(8-11)21(23,24)38-22(25,26)37-18/h3-11H,1-2H3,(H,28,32)(H2,30,31,33);2-10H,1H3,(H,27,32)(H2,29,30,33). The van der Waals surface area contributed by atoms with Crippen LogP contribution in [0, 0.1) is 17.0 Å². The number of nitrogens with one attached hydrogen (secondary N) is 6. The fourth-order valence-corrected chi connectivity index (χ4v) is 6.52. The summed E-state index contributed by atoms with van der Waals surface area (Å²) in [5.41, 5.74) is -2.06. The number of urea groups is 2. The maximum atomic E-state index is 14.0. The zero-order valence-corrected chi connectivity index (χ0v) is 37.7. The number of rotatable bonds is 11. The molecule has 0 bridgehead atoms. The van der Waals surface area contributed by atoms with Gasteiger partial charge >= 0.3 is 36.9 Å². The van der Waals surface area contributed by atoms with Gasteiger partial charge in [0.15, 0.2) is 0 Å². The number of benzene rings is 4. The van der Waals surface area contributed by atoms with Crippen LogP contribution in [0.1, 0.15) is 37.7 Å². The van der Waals surface area contributed by atoms with E-state index >= 15 is 0 Å². The van der Waals surface area contributed by atoms with Crippen LogP contribution in [-0.2, 0) is 21.7 Å². The van der Waals surface area contributed by atoms with Gasteiger partial charge in [0, 0.05) is 55.7 Å². The highest BCUT2D eigenvalue weighted by Gasteiger charge is 2.55. The normalized spacial score (nSPS) is 15.0. The molecule has 74 heavy (non-hydrogen) atoms. The molecule has 8 rings (SSSR count). The third kappa shape index (κ3) is 12.7. The van der Waals surface area contributed by atoms with Crippen molar-refractivity contribution in [3.63, 3.8) is 0 Å². The fourth-order valence-electron chi connectivity index (χ4n) is 6.52. The summed E-state index contributed by atoms with van der Waals surface area (Å²) in [6, 6.07) is 17.3. The molecule has 0 unspecified atom stereocenters. The van der Waals surface area contributed by atoms with E-state index in [-0.39, 0.29) is 45.9 Å². The fraction of sp³-hybridized carbons (Fsp3) is 0.156. The topological polar surface area (TPSA) is 265 Å². The van der Waals surface area contributed by atoms with Crippen LogP contribution < -0.4 is 50.8 Å². The Labute approximate surface area is 409 Å². The van der Waals surface area contributed by atoms with Gasteiger partial charge in [-0.2, -0.15) is 17.6 Å². The zero-order valence-electron chi connectivity index (χ0n) is 37.7. The molecule has 6 amide bonds. The second kappa shape index (κ2) is 20.8. The first-order valence-electron chi connectivity index (χ1n) is 20.7. The summed E-state index contributed by atoms with van der Waals surface area (Å²) in [5.74, 6) is -1.52. The molecule has 4 aromatic carbocycles. The molecule has 386 valence electrons. The van der Waals surface area contributed by atoms with Crippen molar-refractivity contribution in [2.75, 3.05) is 35.4 Å². The van der Waals surface area contributed by atoms with Crippen LogP contribution in [0.15, 0.2) is 109 Å². The van der Waals surface area contributed by atoms with Gasteiger partial charge in [0.05, 0.1) is 22.1 Å². The quantitative estimate of drug-likeness (QED) is 0.0401. The Hall–Kier alpha value is -9.38. The number of halogens is 8. The van der Waals surface area contributed by atoms with Crippen LogP contribution in [0.5, 0.6) is 34.5 Å². The minimum absolute atomic E-state index is 0.00886. The number of alkyl halides is 8. The summed E-state index contributed by atoms with van der Waals surface area (Å²) in [6.07, 6.45) is -15.1. The van der Waals surface area contributed by atoms with Gasteiger partial charge in [0.2, 0.25) is 0 Å². The minimum Gasteiger partial charge on any atom is -0.457 e. The maximum absolute atomic E-state index is 14.0. The average molecular weight is 1040 g/mol. The van der Waals surface area contributed by atoms with E-state index in [2.05, 4.69) is 60.8 Å². The van der Waals surface area contributed by atoms with Crippen LogP contribution in [0.2, 0.25) is 0 Å². The lowest BCUT2D eigenvalue weighted by molar-refractivity contribution is -0.462. The Morgan fingerprint density at radius 2 is 1.01 bits per heavy atom. The molecule has 2 aromatic heterocycles. The third-order valence-electron chi connectivity index (χ3n) is 9.75. The lowest BCUT2D eigenvalue weighted by Gasteiger charge is -2.30. The van der Waals surface area contributed by atoms with Gasteiger partial charge < -0.3 is 50.8 Å². The van der Waals surface area contributed by atoms with Crippen LogP contribution in [0.3, 0.4) is 0 Å². The smallest absolute Gasteiger partial charge is 0.457 e. The van der Waals surface area contributed by atoms with Crippen molar-refractivity contribution in [3.05, 3.63) is 148 Å². The number of aryl methyl sites for hydroxylation is 1. The first kappa shape index (κ1) is 52.4. The second-order valence-corrected chi connectivity index (χ2v) is 15.0. The highest BCUT2D eigenvalue weighted by Crippen LogP contribution is 2.48. The summed E-state index contributed by atoms with van der Waals surface area (Å²) in [7, 11) is 2.89. The van der Waals surface area contributed by atoms with E-state index in [1.54, 1.807) is 25.1 Å². The van der Waals surface area contributed by atoms with Crippen molar-refractivity contribution in [2.24, 2.45) is 0 Å². The molecule has 0 aliphatic carbocycles. The van der Waals surface area contributed by atoms with Gasteiger partial charge in [-0.15, -0.1) is 17.6 Å². The summed E-state index contributed by atoms with van der Waals surface area (Å²) in [6.45, 7) is 1.72. The zero-order chi connectivity index (χ0) is 53.8. The lowest BCUT2D eigenvalue weighted by atomic mass is 10.1. The number of pyridine rings is 2. The van der Waals surface area contributed by atoms with Crippen molar-refractivity contribution in [1.82, 2.24) is 20.6 Å². The number of nitrogens with zero attached hydrogens (tertiary/aromatic N) is 3. The molecular weight excluding hydrogens is 1010 g/mol. The predicted octanol–water partition coefficient (Wildman–Crippen LogP) is 9.99. The van der Waals surface area contributed by atoms with Crippen LogP contribution in [-0.4, -0.2) is 65.5 Å². The molecule has 4 heterocycles. The Kier molecular flexibility index (Phi) is 14.7. The predicted molar refractivity (Wildman–Crippen MR) is 239 cm³/mol. The molecule has 21 nitrogen and oxygen atoms in total. The summed E-state index contributed by atoms with van der Waals surface area (Å²) in [4.78, 5) is 66.8. The first-order chi connectivity index (χ1) is 34.8. The number of aromatic nitrogens is 2. The summed E-state index contributed by atoms with van der Waals surface area (Å²) < 4.78 is 135. The molecule has 0 atom stereocenters. The molecule has 29 heteroatoms. The Morgan fingerprint density at radius 3 is 1.49 bits per heavy atom. The maximum Gasteiger partial charge on any atom is 0.540 e.